The molecule has 17 heavy (non-hydrogen) atoms. The summed E-state index contributed by atoms with van der Waals surface area (Å²) >= 11 is 0. The van der Waals surface area contributed by atoms with Gasteiger partial charge in [0, 0.05) is 19.1 Å². The highest BCUT2D eigenvalue weighted by molar-refractivity contribution is 5.03. The quantitative estimate of drug-likeness (QED) is 0.874. The first kappa shape index (κ1) is 12.7. The third-order valence-corrected chi connectivity index (χ3v) is 3.82. The third-order valence-electron chi connectivity index (χ3n) is 3.82. The predicted octanol–water partition coefficient (Wildman–Crippen LogP) is 2.80. The van der Waals surface area contributed by atoms with E-state index in [-0.39, 0.29) is 0 Å². The lowest BCUT2D eigenvalue weighted by Crippen LogP contribution is -2.40. The van der Waals surface area contributed by atoms with Gasteiger partial charge in [-0.3, -0.25) is 4.90 Å². The topological polar surface area (TPSA) is 28.4 Å². The van der Waals surface area contributed by atoms with Crippen molar-refractivity contribution in [3.05, 3.63) is 24.2 Å². The van der Waals surface area contributed by atoms with Gasteiger partial charge in [0.15, 0.2) is 0 Å². The molecular weight excluding hydrogens is 212 g/mol. The molecule has 0 saturated carbocycles. The predicted molar refractivity (Wildman–Crippen MR) is 70.0 cm³/mol. The van der Waals surface area contributed by atoms with Crippen LogP contribution in [0.3, 0.4) is 0 Å². The maximum Gasteiger partial charge on any atom is 0.120 e. The van der Waals surface area contributed by atoms with Gasteiger partial charge in [-0.25, -0.2) is 0 Å². The van der Waals surface area contributed by atoms with Gasteiger partial charge in [0.1, 0.15) is 5.76 Å². The summed E-state index contributed by atoms with van der Waals surface area (Å²) in [4.78, 5) is 2.54. The van der Waals surface area contributed by atoms with Crippen LogP contribution in [0.4, 0.5) is 0 Å². The number of furan rings is 1. The minimum absolute atomic E-state index is 0.403. The first-order valence-electron chi connectivity index (χ1n) is 6.82. The van der Waals surface area contributed by atoms with E-state index >= 15 is 0 Å². The van der Waals surface area contributed by atoms with Crippen LogP contribution in [0.1, 0.15) is 44.9 Å². The molecule has 96 valence electrons. The molecule has 0 aromatic carbocycles. The molecule has 1 saturated heterocycles. The fourth-order valence-corrected chi connectivity index (χ4v) is 2.57. The monoisotopic (exact) mass is 236 g/mol. The zero-order valence-electron chi connectivity index (χ0n) is 11.0. The first-order valence-corrected chi connectivity index (χ1v) is 6.82. The van der Waals surface area contributed by atoms with Crippen LogP contribution < -0.4 is 5.32 Å². The average molecular weight is 236 g/mol. The summed E-state index contributed by atoms with van der Waals surface area (Å²) in [6.45, 7) is 7.97. The molecule has 1 aromatic rings. The van der Waals surface area contributed by atoms with E-state index in [0.717, 1.165) is 25.4 Å². The van der Waals surface area contributed by atoms with Crippen molar-refractivity contribution < 1.29 is 4.42 Å². The van der Waals surface area contributed by atoms with Crippen LogP contribution in [0.25, 0.3) is 0 Å². The van der Waals surface area contributed by atoms with Gasteiger partial charge in [0.2, 0.25) is 0 Å². The van der Waals surface area contributed by atoms with Crippen LogP contribution in [-0.2, 0) is 0 Å². The molecule has 2 rings (SSSR count). The van der Waals surface area contributed by atoms with Crippen LogP contribution >= 0.6 is 0 Å². The second kappa shape index (κ2) is 6.22. The molecule has 2 atom stereocenters. The number of nitrogens with zero attached hydrogens (tertiary/aromatic N) is 1. The van der Waals surface area contributed by atoms with Crippen molar-refractivity contribution in [1.82, 2.24) is 10.2 Å². The molecule has 0 amide bonds. The van der Waals surface area contributed by atoms with E-state index in [1.165, 1.54) is 19.3 Å². The van der Waals surface area contributed by atoms with Crippen molar-refractivity contribution >= 4 is 0 Å². The largest absolute Gasteiger partial charge is 0.468 e. The van der Waals surface area contributed by atoms with Crippen molar-refractivity contribution in [3.63, 3.8) is 0 Å². The van der Waals surface area contributed by atoms with Crippen molar-refractivity contribution in [2.24, 2.45) is 0 Å². The Morgan fingerprint density at radius 3 is 3.12 bits per heavy atom. The van der Waals surface area contributed by atoms with E-state index < -0.39 is 0 Å². The summed E-state index contributed by atoms with van der Waals surface area (Å²) in [5.41, 5.74) is 0. The molecule has 2 unspecified atom stereocenters. The van der Waals surface area contributed by atoms with Gasteiger partial charge in [0.05, 0.1) is 12.3 Å². The molecule has 0 bridgehead atoms. The summed E-state index contributed by atoms with van der Waals surface area (Å²) in [6, 6.07) is 5.15. The Labute approximate surface area is 104 Å². The summed E-state index contributed by atoms with van der Waals surface area (Å²) in [6.07, 6.45) is 5.46. The number of nitrogens with one attached hydrogen (secondary N) is 1. The molecule has 1 aromatic heterocycles. The minimum atomic E-state index is 0.403. The van der Waals surface area contributed by atoms with Crippen molar-refractivity contribution in [2.75, 3.05) is 19.6 Å². The van der Waals surface area contributed by atoms with E-state index in [4.69, 9.17) is 4.42 Å². The Morgan fingerprint density at radius 1 is 1.53 bits per heavy atom. The van der Waals surface area contributed by atoms with Crippen LogP contribution in [0.2, 0.25) is 0 Å². The van der Waals surface area contributed by atoms with Crippen molar-refractivity contribution in [1.29, 1.82) is 0 Å². The molecule has 3 nitrogen and oxygen atoms in total. The summed E-state index contributed by atoms with van der Waals surface area (Å²) < 4.78 is 5.52. The molecule has 3 heteroatoms. The average Bonchev–Trinajstić information content (AvgIpc) is 2.82. The van der Waals surface area contributed by atoms with Gasteiger partial charge < -0.3 is 9.73 Å². The molecule has 0 radical (unpaired) electrons. The van der Waals surface area contributed by atoms with Gasteiger partial charge >= 0.3 is 0 Å². The fraction of sp³-hybridized carbons (Fsp3) is 0.714. The summed E-state index contributed by atoms with van der Waals surface area (Å²) in [5, 5.41) is 3.62. The maximum absolute atomic E-state index is 5.52. The highest BCUT2D eigenvalue weighted by Gasteiger charge is 2.20. The molecule has 1 aliphatic heterocycles. The molecule has 1 aliphatic rings. The van der Waals surface area contributed by atoms with Gasteiger partial charge in [-0.1, -0.05) is 6.92 Å². The lowest BCUT2D eigenvalue weighted by molar-refractivity contribution is 0.164. The Morgan fingerprint density at radius 2 is 2.41 bits per heavy atom. The van der Waals surface area contributed by atoms with Gasteiger partial charge in [-0.05, 0) is 44.9 Å². The van der Waals surface area contributed by atoms with Crippen molar-refractivity contribution in [2.45, 2.75) is 45.2 Å². The van der Waals surface area contributed by atoms with E-state index in [1.54, 1.807) is 6.26 Å². The second-order valence-electron chi connectivity index (χ2n) is 4.93. The van der Waals surface area contributed by atoms with Gasteiger partial charge in [0.25, 0.3) is 0 Å². The standard InChI is InChI=1S/C14H24N2O/c1-3-13-7-10-16(9-5-8-15-13)12(2)14-6-4-11-17-14/h4,6,11-13,15H,3,5,7-10H2,1-2H3. The molecular formula is C14H24N2O. The normalized spacial score (nSPS) is 25.2. The lowest BCUT2D eigenvalue weighted by Gasteiger charge is -2.32. The number of hydrogen-bond donors (Lipinski definition) is 1. The SMILES string of the molecule is CCC1CCN(C(C)c2ccco2)CCCN1. The molecule has 1 N–H and O–H groups in total. The van der Waals surface area contributed by atoms with Crippen LogP contribution in [0.15, 0.2) is 22.8 Å². The zero-order valence-corrected chi connectivity index (χ0v) is 11.0. The summed E-state index contributed by atoms with van der Waals surface area (Å²) in [7, 11) is 0. The number of rotatable bonds is 3. The molecule has 0 aliphatic carbocycles. The van der Waals surface area contributed by atoms with Crippen molar-refractivity contribution in [3.8, 4) is 0 Å². The van der Waals surface area contributed by atoms with E-state index in [2.05, 4.69) is 30.1 Å². The Balaban J connectivity index is 1.94. The van der Waals surface area contributed by atoms with E-state index in [0.29, 0.717) is 12.1 Å². The molecule has 1 fully saturated rings. The van der Waals surface area contributed by atoms with E-state index in [9.17, 15) is 0 Å². The minimum Gasteiger partial charge on any atom is -0.468 e. The molecule has 2 heterocycles. The van der Waals surface area contributed by atoms with E-state index in [1.807, 2.05) is 6.07 Å². The zero-order chi connectivity index (χ0) is 12.1. The van der Waals surface area contributed by atoms with Crippen LogP contribution in [0.5, 0.6) is 0 Å². The third kappa shape index (κ3) is 3.33. The number of hydrogen-bond acceptors (Lipinski definition) is 3. The van der Waals surface area contributed by atoms with Gasteiger partial charge in [-0.2, -0.15) is 0 Å². The van der Waals surface area contributed by atoms with Gasteiger partial charge in [-0.15, -0.1) is 0 Å². The maximum atomic E-state index is 5.52. The lowest BCUT2D eigenvalue weighted by atomic mass is 10.1. The Kier molecular flexibility index (Phi) is 4.63. The first-order chi connectivity index (χ1) is 8.31. The Bertz CT molecular complexity index is 310. The Hall–Kier alpha value is -0.800. The second-order valence-corrected chi connectivity index (χ2v) is 4.93. The molecule has 0 spiro atoms. The highest BCUT2D eigenvalue weighted by Crippen LogP contribution is 2.22. The highest BCUT2D eigenvalue weighted by atomic mass is 16.3. The van der Waals surface area contributed by atoms with Crippen LogP contribution in [0, 0.1) is 0 Å². The fourth-order valence-electron chi connectivity index (χ4n) is 2.57. The summed E-state index contributed by atoms with van der Waals surface area (Å²) in [5.74, 6) is 1.09. The smallest absolute Gasteiger partial charge is 0.120 e. The van der Waals surface area contributed by atoms with Crippen LogP contribution in [-0.4, -0.2) is 30.6 Å².